The standard InChI is InChI=1S/C10H8BrN3O/c11-10-13-6-5-9(14-10)15-8-4-2-1-3-7(8)12/h1-6H,12H2. The lowest BCUT2D eigenvalue weighted by molar-refractivity contribution is 0.462. The lowest BCUT2D eigenvalue weighted by Crippen LogP contribution is -1.93. The van der Waals surface area contributed by atoms with Gasteiger partial charge in [0, 0.05) is 12.3 Å². The molecule has 0 unspecified atom stereocenters. The summed E-state index contributed by atoms with van der Waals surface area (Å²) in [5, 5.41) is 0. The van der Waals surface area contributed by atoms with Crippen LogP contribution in [0, 0.1) is 0 Å². The van der Waals surface area contributed by atoms with Crippen molar-refractivity contribution in [3.8, 4) is 11.6 Å². The fourth-order valence-corrected chi connectivity index (χ4v) is 1.36. The summed E-state index contributed by atoms with van der Waals surface area (Å²) in [6.45, 7) is 0. The van der Waals surface area contributed by atoms with Gasteiger partial charge in [-0.3, -0.25) is 0 Å². The van der Waals surface area contributed by atoms with E-state index in [9.17, 15) is 0 Å². The first kappa shape index (κ1) is 9.92. The number of nitrogens with two attached hydrogens (primary N) is 1. The molecule has 0 aliphatic carbocycles. The van der Waals surface area contributed by atoms with Gasteiger partial charge in [0.25, 0.3) is 0 Å². The third-order valence-electron chi connectivity index (χ3n) is 1.73. The Kier molecular flexibility index (Phi) is 2.82. The molecule has 2 aromatic rings. The van der Waals surface area contributed by atoms with Crippen LogP contribution in [0.15, 0.2) is 41.3 Å². The number of halogens is 1. The molecule has 0 atom stereocenters. The third-order valence-corrected chi connectivity index (χ3v) is 2.12. The maximum atomic E-state index is 5.73. The molecule has 0 saturated heterocycles. The van der Waals surface area contributed by atoms with E-state index in [0.717, 1.165) is 0 Å². The van der Waals surface area contributed by atoms with Crippen LogP contribution in [-0.2, 0) is 0 Å². The number of aromatic nitrogens is 2. The zero-order valence-corrected chi connectivity index (χ0v) is 9.31. The number of ether oxygens (including phenoxy) is 1. The second-order valence-electron chi connectivity index (χ2n) is 2.80. The van der Waals surface area contributed by atoms with Crippen LogP contribution in [0.4, 0.5) is 5.69 Å². The van der Waals surface area contributed by atoms with Crippen LogP contribution in [0.2, 0.25) is 0 Å². The minimum absolute atomic E-state index is 0.453. The molecule has 0 aliphatic heterocycles. The van der Waals surface area contributed by atoms with Gasteiger partial charge in [-0.1, -0.05) is 12.1 Å². The quantitative estimate of drug-likeness (QED) is 0.670. The molecular weight excluding hydrogens is 258 g/mol. The summed E-state index contributed by atoms with van der Waals surface area (Å²) in [5.74, 6) is 1.04. The van der Waals surface area contributed by atoms with Gasteiger partial charge >= 0.3 is 0 Å². The molecule has 1 aromatic carbocycles. The SMILES string of the molecule is Nc1ccccc1Oc1ccnc(Br)n1. The summed E-state index contributed by atoms with van der Waals surface area (Å²) < 4.78 is 5.96. The molecule has 4 nitrogen and oxygen atoms in total. The van der Waals surface area contributed by atoms with E-state index >= 15 is 0 Å². The Morgan fingerprint density at radius 2 is 2.00 bits per heavy atom. The van der Waals surface area contributed by atoms with Crippen LogP contribution in [0.5, 0.6) is 11.6 Å². The number of nitrogen functional groups attached to an aromatic ring is 1. The maximum Gasteiger partial charge on any atom is 0.223 e. The molecule has 76 valence electrons. The van der Waals surface area contributed by atoms with E-state index in [2.05, 4.69) is 25.9 Å². The number of nitrogens with zero attached hydrogens (tertiary/aromatic N) is 2. The highest BCUT2D eigenvalue weighted by molar-refractivity contribution is 9.10. The van der Waals surface area contributed by atoms with Gasteiger partial charge in [-0.2, -0.15) is 4.98 Å². The number of hydrogen-bond donors (Lipinski definition) is 1. The molecule has 1 heterocycles. The molecular formula is C10H8BrN3O. The zero-order chi connectivity index (χ0) is 10.7. The van der Waals surface area contributed by atoms with Gasteiger partial charge in [-0.05, 0) is 28.1 Å². The van der Waals surface area contributed by atoms with Crippen molar-refractivity contribution in [2.45, 2.75) is 0 Å². The summed E-state index contributed by atoms with van der Waals surface area (Å²) in [7, 11) is 0. The molecule has 0 fully saturated rings. The Hall–Kier alpha value is -1.62. The minimum atomic E-state index is 0.453. The fraction of sp³-hybridized carbons (Fsp3) is 0. The van der Waals surface area contributed by atoms with Crippen molar-refractivity contribution >= 4 is 21.6 Å². The third kappa shape index (κ3) is 2.44. The van der Waals surface area contributed by atoms with Crippen molar-refractivity contribution in [1.82, 2.24) is 9.97 Å². The highest BCUT2D eigenvalue weighted by Gasteiger charge is 2.02. The molecule has 2 rings (SSSR count). The van der Waals surface area contributed by atoms with E-state index in [1.807, 2.05) is 12.1 Å². The van der Waals surface area contributed by atoms with Gasteiger partial charge in [0.05, 0.1) is 5.69 Å². The van der Waals surface area contributed by atoms with E-state index in [1.165, 1.54) is 0 Å². The number of benzene rings is 1. The van der Waals surface area contributed by atoms with Crippen LogP contribution in [0.3, 0.4) is 0 Å². The van der Waals surface area contributed by atoms with Crippen molar-refractivity contribution in [1.29, 1.82) is 0 Å². The van der Waals surface area contributed by atoms with Gasteiger partial charge in [0.2, 0.25) is 5.88 Å². The van der Waals surface area contributed by atoms with E-state index in [-0.39, 0.29) is 0 Å². The van der Waals surface area contributed by atoms with E-state index in [1.54, 1.807) is 24.4 Å². The smallest absolute Gasteiger partial charge is 0.223 e. The van der Waals surface area contributed by atoms with Crippen molar-refractivity contribution in [3.05, 3.63) is 41.3 Å². The zero-order valence-electron chi connectivity index (χ0n) is 7.72. The van der Waals surface area contributed by atoms with Crippen LogP contribution in [-0.4, -0.2) is 9.97 Å². The Bertz CT molecular complexity index is 476. The highest BCUT2D eigenvalue weighted by atomic mass is 79.9. The Morgan fingerprint density at radius 1 is 1.20 bits per heavy atom. The number of rotatable bonds is 2. The summed E-state index contributed by atoms with van der Waals surface area (Å²) in [4.78, 5) is 7.94. The first-order valence-electron chi connectivity index (χ1n) is 4.26. The molecule has 1 aromatic heterocycles. The lowest BCUT2D eigenvalue weighted by atomic mass is 10.3. The average molecular weight is 266 g/mol. The molecule has 5 heteroatoms. The summed E-state index contributed by atoms with van der Waals surface area (Å²) in [6, 6.07) is 8.91. The molecule has 0 radical (unpaired) electrons. The highest BCUT2D eigenvalue weighted by Crippen LogP contribution is 2.25. The first-order chi connectivity index (χ1) is 7.25. The van der Waals surface area contributed by atoms with E-state index in [0.29, 0.717) is 22.1 Å². The van der Waals surface area contributed by atoms with Crippen molar-refractivity contribution in [2.24, 2.45) is 0 Å². The molecule has 15 heavy (non-hydrogen) atoms. The largest absolute Gasteiger partial charge is 0.437 e. The summed E-state index contributed by atoms with van der Waals surface area (Å²) in [6.07, 6.45) is 1.60. The summed E-state index contributed by atoms with van der Waals surface area (Å²) in [5.41, 5.74) is 6.30. The predicted octanol–water partition coefficient (Wildman–Crippen LogP) is 2.61. The van der Waals surface area contributed by atoms with Crippen LogP contribution in [0.25, 0.3) is 0 Å². The summed E-state index contributed by atoms with van der Waals surface area (Å²) >= 11 is 3.16. The monoisotopic (exact) mass is 265 g/mol. The number of anilines is 1. The molecule has 0 bridgehead atoms. The molecule has 0 aliphatic rings. The van der Waals surface area contributed by atoms with Gasteiger partial charge in [-0.15, -0.1) is 0 Å². The normalized spacial score (nSPS) is 9.93. The Labute approximate surface area is 95.2 Å². The molecule has 0 amide bonds. The molecule has 0 spiro atoms. The van der Waals surface area contributed by atoms with E-state index < -0.39 is 0 Å². The maximum absolute atomic E-state index is 5.73. The van der Waals surface area contributed by atoms with Crippen LogP contribution < -0.4 is 10.5 Å². The Balaban J connectivity index is 2.26. The van der Waals surface area contributed by atoms with Gasteiger partial charge < -0.3 is 10.5 Å². The second-order valence-corrected chi connectivity index (χ2v) is 3.51. The number of hydrogen-bond acceptors (Lipinski definition) is 4. The van der Waals surface area contributed by atoms with Gasteiger partial charge in [-0.25, -0.2) is 4.98 Å². The lowest BCUT2D eigenvalue weighted by Gasteiger charge is -2.06. The second kappa shape index (κ2) is 4.27. The van der Waals surface area contributed by atoms with E-state index in [4.69, 9.17) is 10.5 Å². The first-order valence-corrected chi connectivity index (χ1v) is 5.06. The van der Waals surface area contributed by atoms with Crippen molar-refractivity contribution in [2.75, 3.05) is 5.73 Å². The van der Waals surface area contributed by atoms with Crippen molar-refractivity contribution in [3.63, 3.8) is 0 Å². The Morgan fingerprint density at radius 3 is 2.73 bits per heavy atom. The van der Waals surface area contributed by atoms with Gasteiger partial charge in [0.15, 0.2) is 10.5 Å². The molecule has 0 saturated carbocycles. The van der Waals surface area contributed by atoms with Crippen molar-refractivity contribution < 1.29 is 4.74 Å². The predicted molar refractivity (Wildman–Crippen MR) is 60.7 cm³/mol. The average Bonchev–Trinajstić information content (AvgIpc) is 2.22. The molecule has 2 N–H and O–H groups in total. The topological polar surface area (TPSA) is 61.0 Å². The van der Waals surface area contributed by atoms with Crippen LogP contribution >= 0.6 is 15.9 Å². The van der Waals surface area contributed by atoms with Gasteiger partial charge in [0.1, 0.15) is 0 Å². The number of para-hydroxylation sites is 2. The minimum Gasteiger partial charge on any atom is -0.437 e. The fourth-order valence-electron chi connectivity index (χ4n) is 1.06. The van der Waals surface area contributed by atoms with Crippen LogP contribution in [0.1, 0.15) is 0 Å².